The summed E-state index contributed by atoms with van der Waals surface area (Å²) in [5.41, 5.74) is 4.11. The van der Waals surface area contributed by atoms with Crippen molar-refractivity contribution in [1.29, 1.82) is 0 Å². The first-order valence-corrected chi connectivity index (χ1v) is 5.73. The molecule has 1 fully saturated rings. The van der Waals surface area contributed by atoms with Crippen LogP contribution in [0.4, 0.5) is 0 Å². The molecule has 1 aromatic rings. The van der Waals surface area contributed by atoms with Gasteiger partial charge in [0.25, 0.3) is 0 Å². The fourth-order valence-electron chi connectivity index (χ4n) is 2.10. The molecule has 1 atom stereocenters. The summed E-state index contributed by atoms with van der Waals surface area (Å²) in [6.07, 6.45) is 1.35. The Morgan fingerprint density at radius 1 is 1.47 bits per heavy atom. The van der Waals surface area contributed by atoms with Gasteiger partial charge in [-0.3, -0.25) is 0 Å². The summed E-state index contributed by atoms with van der Waals surface area (Å²) < 4.78 is 5.73. The van der Waals surface area contributed by atoms with Crippen LogP contribution in [0.3, 0.4) is 0 Å². The predicted molar refractivity (Wildman–Crippen MR) is 62.1 cm³/mol. The van der Waals surface area contributed by atoms with Crippen molar-refractivity contribution in [2.24, 2.45) is 0 Å². The number of nitrogens with one attached hydrogen (secondary N) is 1. The molecule has 0 radical (unpaired) electrons. The summed E-state index contributed by atoms with van der Waals surface area (Å²) in [6, 6.07) is 6.68. The minimum absolute atomic E-state index is 0.239. The summed E-state index contributed by atoms with van der Waals surface area (Å²) >= 11 is 0. The van der Waals surface area contributed by atoms with Crippen molar-refractivity contribution in [3.8, 4) is 0 Å². The zero-order valence-corrected chi connectivity index (χ0v) is 9.55. The molecule has 0 amide bonds. The lowest BCUT2D eigenvalue weighted by molar-refractivity contribution is 0.0276. The Labute approximate surface area is 91.6 Å². The molecule has 1 aliphatic heterocycles. The molecule has 0 aromatic heterocycles. The Bertz CT molecular complexity index is 329. The topological polar surface area (TPSA) is 21.3 Å². The molecule has 1 aliphatic rings. The van der Waals surface area contributed by atoms with E-state index in [-0.39, 0.29) is 6.10 Å². The number of hydrogen-bond donors (Lipinski definition) is 1. The normalized spacial score (nSPS) is 21.6. The van der Waals surface area contributed by atoms with Crippen LogP contribution < -0.4 is 5.32 Å². The average molecular weight is 205 g/mol. The van der Waals surface area contributed by atoms with E-state index in [1.165, 1.54) is 16.7 Å². The van der Waals surface area contributed by atoms with E-state index in [1.807, 2.05) is 0 Å². The minimum atomic E-state index is 0.239. The summed E-state index contributed by atoms with van der Waals surface area (Å²) in [6.45, 7) is 7.10. The highest BCUT2D eigenvalue weighted by atomic mass is 16.5. The van der Waals surface area contributed by atoms with Crippen molar-refractivity contribution in [1.82, 2.24) is 5.32 Å². The summed E-state index contributed by atoms with van der Waals surface area (Å²) in [7, 11) is 0. The fourth-order valence-corrected chi connectivity index (χ4v) is 2.10. The van der Waals surface area contributed by atoms with E-state index in [9.17, 15) is 0 Å². The zero-order valence-electron chi connectivity index (χ0n) is 9.55. The second kappa shape index (κ2) is 4.77. The quantitative estimate of drug-likeness (QED) is 0.799. The predicted octanol–water partition coefficient (Wildman–Crippen LogP) is 2.22. The first-order valence-electron chi connectivity index (χ1n) is 5.73. The van der Waals surface area contributed by atoms with Gasteiger partial charge in [0.2, 0.25) is 0 Å². The van der Waals surface area contributed by atoms with E-state index in [2.05, 4.69) is 37.4 Å². The maximum absolute atomic E-state index is 5.73. The van der Waals surface area contributed by atoms with Gasteiger partial charge >= 0.3 is 0 Å². The van der Waals surface area contributed by atoms with Crippen LogP contribution in [0, 0.1) is 6.92 Å². The van der Waals surface area contributed by atoms with Crippen molar-refractivity contribution in [3.05, 3.63) is 34.9 Å². The molecule has 82 valence electrons. The highest BCUT2D eigenvalue weighted by Gasteiger charge is 2.15. The zero-order chi connectivity index (χ0) is 10.7. The average Bonchev–Trinajstić information content (AvgIpc) is 2.30. The summed E-state index contributed by atoms with van der Waals surface area (Å²) in [5, 5.41) is 3.36. The van der Waals surface area contributed by atoms with Gasteiger partial charge in [-0.2, -0.15) is 0 Å². The first kappa shape index (κ1) is 10.7. The van der Waals surface area contributed by atoms with Gasteiger partial charge in [0.05, 0.1) is 12.7 Å². The molecule has 0 aliphatic carbocycles. The smallest absolute Gasteiger partial charge is 0.0949 e. The molecule has 1 unspecified atom stereocenters. The molecule has 1 saturated heterocycles. The van der Waals surface area contributed by atoms with Crippen molar-refractivity contribution >= 4 is 0 Å². The number of hydrogen-bond acceptors (Lipinski definition) is 2. The van der Waals surface area contributed by atoms with Crippen LogP contribution in [-0.4, -0.2) is 19.7 Å². The van der Waals surface area contributed by atoms with Crippen LogP contribution in [0.25, 0.3) is 0 Å². The van der Waals surface area contributed by atoms with Gasteiger partial charge in [0.1, 0.15) is 0 Å². The Balaban J connectivity index is 2.17. The number of benzene rings is 1. The van der Waals surface area contributed by atoms with Gasteiger partial charge in [-0.05, 0) is 30.0 Å². The highest BCUT2D eigenvalue weighted by Crippen LogP contribution is 2.21. The molecule has 1 heterocycles. The number of ether oxygens (including phenoxy) is 1. The standard InChI is InChI=1S/C13H19NO/c1-3-11-4-5-12(8-10(11)2)13-9-14-6-7-15-13/h4-5,8,13-14H,3,6-7,9H2,1-2H3. The van der Waals surface area contributed by atoms with Gasteiger partial charge < -0.3 is 10.1 Å². The van der Waals surface area contributed by atoms with Gasteiger partial charge in [-0.15, -0.1) is 0 Å². The van der Waals surface area contributed by atoms with Gasteiger partial charge in [-0.25, -0.2) is 0 Å². The lowest BCUT2D eigenvalue weighted by atomic mass is 10.00. The van der Waals surface area contributed by atoms with Crippen LogP contribution in [-0.2, 0) is 11.2 Å². The van der Waals surface area contributed by atoms with Crippen molar-refractivity contribution in [3.63, 3.8) is 0 Å². The number of aryl methyl sites for hydroxylation is 2. The van der Waals surface area contributed by atoms with E-state index in [1.54, 1.807) is 0 Å². The van der Waals surface area contributed by atoms with Crippen LogP contribution in [0.15, 0.2) is 18.2 Å². The molecule has 0 bridgehead atoms. The van der Waals surface area contributed by atoms with Gasteiger partial charge in [0, 0.05) is 13.1 Å². The van der Waals surface area contributed by atoms with E-state index in [0.717, 1.165) is 26.1 Å². The van der Waals surface area contributed by atoms with Crippen molar-refractivity contribution < 1.29 is 4.74 Å². The largest absolute Gasteiger partial charge is 0.371 e. The molecule has 2 nitrogen and oxygen atoms in total. The third-order valence-electron chi connectivity index (χ3n) is 3.05. The molecule has 1 aromatic carbocycles. The highest BCUT2D eigenvalue weighted by molar-refractivity contribution is 5.32. The van der Waals surface area contributed by atoms with Gasteiger partial charge in [-0.1, -0.05) is 25.1 Å². The Hall–Kier alpha value is -0.860. The number of rotatable bonds is 2. The van der Waals surface area contributed by atoms with E-state index < -0.39 is 0 Å². The van der Waals surface area contributed by atoms with E-state index >= 15 is 0 Å². The molecule has 0 spiro atoms. The van der Waals surface area contributed by atoms with E-state index in [0.29, 0.717) is 0 Å². The molecule has 2 heteroatoms. The molecular formula is C13H19NO. The second-order valence-corrected chi connectivity index (χ2v) is 4.10. The second-order valence-electron chi connectivity index (χ2n) is 4.10. The van der Waals surface area contributed by atoms with Gasteiger partial charge in [0.15, 0.2) is 0 Å². The van der Waals surface area contributed by atoms with E-state index in [4.69, 9.17) is 4.74 Å². The molecule has 2 rings (SSSR count). The lowest BCUT2D eigenvalue weighted by Gasteiger charge is -2.24. The maximum Gasteiger partial charge on any atom is 0.0949 e. The third-order valence-corrected chi connectivity index (χ3v) is 3.05. The fraction of sp³-hybridized carbons (Fsp3) is 0.538. The van der Waals surface area contributed by atoms with Crippen molar-refractivity contribution in [2.45, 2.75) is 26.4 Å². The summed E-state index contributed by atoms with van der Waals surface area (Å²) in [5.74, 6) is 0. The summed E-state index contributed by atoms with van der Waals surface area (Å²) in [4.78, 5) is 0. The SMILES string of the molecule is CCc1ccc(C2CNCCO2)cc1C. The Kier molecular flexibility index (Phi) is 3.39. The molecule has 15 heavy (non-hydrogen) atoms. The molecule has 1 N–H and O–H groups in total. The van der Waals surface area contributed by atoms with Crippen molar-refractivity contribution in [2.75, 3.05) is 19.7 Å². The maximum atomic E-state index is 5.73. The number of morpholine rings is 1. The van der Waals surface area contributed by atoms with Crippen LogP contribution in [0.1, 0.15) is 29.7 Å². The lowest BCUT2D eigenvalue weighted by Crippen LogP contribution is -2.33. The third kappa shape index (κ3) is 2.39. The Morgan fingerprint density at radius 3 is 2.93 bits per heavy atom. The molecular weight excluding hydrogens is 186 g/mol. The first-order chi connectivity index (χ1) is 7.31. The van der Waals surface area contributed by atoms with Crippen LogP contribution in [0.2, 0.25) is 0 Å². The monoisotopic (exact) mass is 205 g/mol. The molecule has 0 saturated carbocycles. The Morgan fingerprint density at radius 2 is 2.33 bits per heavy atom. The van der Waals surface area contributed by atoms with Crippen LogP contribution in [0.5, 0.6) is 0 Å². The minimum Gasteiger partial charge on any atom is -0.371 e. The van der Waals surface area contributed by atoms with Crippen LogP contribution >= 0.6 is 0 Å².